The average Bonchev–Trinajstić information content (AvgIpc) is 2.37. The molecule has 0 radical (unpaired) electrons. The molecule has 7 heteroatoms. The van der Waals surface area contributed by atoms with E-state index in [9.17, 15) is 19.7 Å². The average molecular weight is 251 g/mol. The van der Waals surface area contributed by atoms with Crippen LogP contribution in [-0.2, 0) is 4.79 Å². The lowest BCUT2D eigenvalue weighted by molar-refractivity contribution is -0.385. The lowest BCUT2D eigenvalue weighted by Gasteiger charge is -2.14. The molecule has 0 atom stereocenters. The Bertz CT molecular complexity index is 487. The van der Waals surface area contributed by atoms with Gasteiger partial charge < -0.3 is 0 Å². The highest BCUT2D eigenvalue weighted by Crippen LogP contribution is 2.18. The molecule has 2 N–H and O–H groups in total. The van der Waals surface area contributed by atoms with Crippen LogP contribution in [0.3, 0.4) is 0 Å². The van der Waals surface area contributed by atoms with Crippen LogP contribution in [0.25, 0.3) is 0 Å². The van der Waals surface area contributed by atoms with Crippen molar-refractivity contribution < 1.29 is 14.5 Å². The third kappa shape index (κ3) is 2.89. The molecule has 0 unspecified atom stereocenters. The number of imide groups is 1. The van der Waals surface area contributed by atoms with Crippen molar-refractivity contribution in [2.45, 2.75) is 19.8 Å². The molecule has 0 saturated carbocycles. The topological polar surface area (TPSA) is 107 Å². The molecule has 7 nitrogen and oxygen atoms in total. The van der Waals surface area contributed by atoms with E-state index in [1.807, 2.05) is 0 Å². The summed E-state index contributed by atoms with van der Waals surface area (Å²) in [5.41, 5.74) is -0.572. The van der Waals surface area contributed by atoms with Gasteiger partial charge in [0.15, 0.2) is 0 Å². The molecule has 1 rings (SSSR count). The van der Waals surface area contributed by atoms with Crippen LogP contribution in [-0.4, -0.2) is 21.7 Å². The summed E-state index contributed by atoms with van der Waals surface area (Å²) in [5.74, 6) is 3.92. The summed E-state index contributed by atoms with van der Waals surface area (Å²) in [6.45, 7) is 1.77. The monoisotopic (exact) mass is 251 g/mol. The largest absolute Gasteiger partial charge is 0.282 e. The van der Waals surface area contributed by atoms with Crippen LogP contribution in [0.4, 0.5) is 5.69 Å². The van der Waals surface area contributed by atoms with Gasteiger partial charge in [0, 0.05) is 12.5 Å². The van der Waals surface area contributed by atoms with Crippen molar-refractivity contribution in [2.24, 2.45) is 5.84 Å². The summed E-state index contributed by atoms with van der Waals surface area (Å²) < 4.78 is 0. The van der Waals surface area contributed by atoms with Crippen molar-refractivity contribution in [3.05, 3.63) is 39.9 Å². The van der Waals surface area contributed by atoms with Crippen molar-refractivity contribution in [1.82, 2.24) is 5.01 Å². The molecule has 0 bridgehead atoms. The molecule has 0 aliphatic heterocycles. The third-order valence-corrected chi connectivity index (χ3v) is 2.28. The van der Waals surface area contributed by atoms with Gasteiger partial charge in [-0.3, -0.25) is 19.7 Å². The Balaban J connectivity index is 3.04. The van der Waals surface area contributed by atoms with E-state index >= 15 is 0 Å². The van der Waals surface area contributed by atoms with Crippen molar-refractivity contribution in [3.8, 4) is 0 Å². The van der Waals surface area contributed by atoms with Gasteiger partial charge in [0.05, 0.1) is 4.92 Å². The zero-order valence-corrected chi connectivity index (χ0v) is 9.83. The summed E-state index contributed by atoms with van der Waals surface area (Å²) >= 11 is 0. The van der Waals surface area contributed by atoms with Gasteiger partial charge in [-0.15, -0.1) is 0 Å². The first-order valence-corrected chi connectivity index (χ1v) is 5.34. The smallest absolute Gasteiger partial charge is 0.273 e. The van der Waals surface area contributed by atoms with Crippen molar-refractivity contribution in [3.63, 3.8) is 0 Å². The van der Waals surface area contributed by atoms with E-state index in [0.717, 1.165) is 0 Å². The van der Waals surface area contributed by atoms with Gasteiger partial charge in [0.25, 0.3) is 11.6 Å². The van der Waals surface area contributed by atoms with Crippen LogP contribution in [0, 0.1) is 10.1 Å². The summed E-state index contributed by atoms with van der Waals surface area (Å²) in [7, 11) is 0. The SMILES string of the molecule is CCCC(=O)N(N)C(=O)c1ccccc1[N+](=O)[O-]. The number of benzene rings is 1. The summed E-state index contributed by atoms with van der Waals surface area (Å²) in [4.78, 5) is 33.4. The predicted molar refractivity (Wildman–Crippen MR) is 63.4 cm³/mol. The van der Waals surface area contributed by atoms with Crippen molar-refractivity contribution in [1.29, 1.82) is 0 Å². The highest BCUT2D eigenvalue weighted by molar-refractivity contribution is 6.06. The van der Waals surface area contributed by atoms with Crippen molar-refractivity contribution >= 4 is 17.5 Å². The molecule has 0 aliphatic rings. The fraction of sp³-hybridized carbons (Fsp3) is 0.273. The van der Waals surface area contributed by atoms with Gasteiger partial charge in [-0.05, 0) is 12.5 Å². The number of nitro groups is 1. The molecule has 18 heavy (non-hydrogen) atoms. The number of para-hydroxylation sites is 1. The van der Waals surface area contributed by atoms with Gasteiger partial charge in [0.1, 0.15) is 5.56 Å². The molecule has 0 aliphatic carbocycles. The maximum atomic E-state index is 11.9. The Kier molecular flexibility index (Phi) is 4.50. The standard InChI is InChI=1S/C11H13N3O4/c1-2-5-10(15)13(12)11(16)8-6-3-4-7-9(8)14(17)18/h3-4,6-7H,2,5,12H2,1H3. The Morgan fingerprint density at radius 1 is 1.39 bits per heavy atom. The molecule has 1 aromatic carbocycles. The number of nitrogens with zero attached hydrogens (tertiary/aromatic N) is 2. The molecule has 0 fully saturated rings. The zero-order chi connectivity index (χ0) is 13.7. The number of rotatable bonds is 4. The van der Waals surface area contributed by atoms with E-state index in [-0.39, 0.29) is 17.7 Å². The third-order valence-electron chi connectivity index (χ3n) is 2.28. The Hall–Kier alpha value is -2.28. The second kappa shape index (κ2) is 5.87. The van der Waals surface area contributed by atoms with Crippen LogP contribution >= 0.6 is 0 Å². The lowest BCUT2D eigenvalue weighted by atomic mass is 10.1. The van der Waals surface area contributed by atoms with Crippen LogP contribution in [0.1, 0.15) is 30.1 Å². The summed E-state index contributed by atoms with van der Waals surface area (Å²) in [6, 6.07) is 5.35. The maximum absolute atomic E-state index is 11.9. The van der Waals surface area contributed by atoms with Crippen molar-refractivity contribution in [2.75, 3.05) is 0 Å². The lowest BCUT2D eigenvalue weighted by Crippen LogP contribution is -2.42. The number of nitrogens with two attached hydrogens (primary N) is 1. The van der Waals surface area contributed by atoms with E-state index in [1.54, 1.807) is 6.92 Å². The van der Waals surface area contributed by atoms with Crippen LogP contribution < -0.4 is 5.84 Å². The fourth-order valence-corrected chi connectivity index (χ4v) is 1.39. The molecule has 96 valence electrons. The number of carbonyl (C=O) groups excluding carboxylic acids is 2. The summed E-state index contributed by atoms with van der Waals surface area (Å²) in [5, 5.41) is 11.2. The van der Waals surface area contributed by atoms with Gasteiger partial charge in [-0.2, -0.15) is 0 Å². The summed E-state index contributed by atoms with van der Waals surface area (Å²) in [6.07, 6.45) is 0.652. The quantitative estimate of drug-likeness (QED) is 0.375. The first-order chi connectivity index (χ1) is 8.49. The number of nitro benzene ring substituents is 1. The molecule has 0 saturated heterocycles. The number of hydrogen-bond donors (Lipinski definition) is 1. The fourth-order valence-electron chi connectivity index (χ4n) is 1.39. The second-order valence-electron chi connectivity index (χ2n) is 3.59. The maximum Gasteiger partial charge on any atom is 0.282 e. The van der Waals surface area contributed by atoms with E-state index in [4.69, 9.17) is 5.84 Å². The van der Waals surface area contributed by atoms with Crippen LogP contribution in [0.5, 0.6) is 0 Å². The first kappa shape index (κ1) is 13.8. The zero-order valence-electron chi connectivity index (χ0n) is 9.83. The predicted octanol–water partition coefficient (Wildman–Crippen LogP) is 1.24. The van der Waals surface area contributed by atoms with E-state index in [2.05, 4.69) is 0 Å². The minimum Gasteiger partial charge on any atom is -0.273 e. The highest BCUT2D eigenvalue weighted by Gasteiger charge is 2.25. The minimum atomic E-state index is -0.874. The number of hydrazine groups is 1. The van der Waals surface area contributed by atoms with Crippen LogP contribution in [0.15, 0.2) is 24.3 Å². The van der Waals surface area contributed by atoms with Gasteiger partial charge in [0.2, 0.25) is 5.91 Å². The molecular formula is C11H13N3O4. The van der Waals surface area contributed by atoms with Gasteiger partial charge in [-0.25, -0.2) is 10.9 Å². The molecule has 1 aromatic rings. The van der Waals surface area contributed by atoms with Crippen LogP contribution in [0.2, 0.25) is 0 Å². The molecular weight excluding hydrogens is 238 g/mol. The number of hydrogen-bond acceptors (Lipinski definition) is 5. The molecule has 0 heterocycles. The molecule has 2 amide bonds. The molecule has 0 aromatic heterocycles. The Labute approximate surface area is 103 Å². The Morgan fingerprint density at radius 3 is 2.56 bits per heavy atom. The van der Waals surface area contributed by atoms with E-state index in [0.29, 0.717) is 11.4 Å². The number of carbonyl (C=O) groups is 2. The normalized spacial score (nSPS) is 9.89. The highest BCUT2D eigenvalue weighted by atomic mass is 16.6. The Morgan fingerprint density at radius 2 is 2.00 bits per heavy atom. The van der Waals surface area contributed by atoms with E-state index in [1.165, 1.54) is 24.3 Å². The van der Waals surface area contributed by atoms with Gasteiger partial charge in [-0.1, -0.05) is 19.1 Å². The second-order valence-corrected chi connectivity index (χ2v) is 3.59. The first-order valence-electron chi connectivity index (χ1n) is 5.34. The number of amides is 2. The van der Waals surface area contributed by atoms with E-state index < -0.39 is 16.7 Å². The molecule has 0 spiro atoms. The van der Waals surface area contributed by atoms with Gasteiger partial charge >= 0.3 is 0 Å². The minimum absolute atomic E-state index is 0.114.